The number of hydrogen-bond donors (Lipinski definition) is 1. The first kappa shape index (κ1) is 18.9. The molecule has 6 nitrogen and oxygen atoms in total. The van der Waals surface area contributed by atoms with Gasteiger partial charge in [-0.25, -0.2) is 4.79 Å². The van der Waals surface area contributed by atoms with E-state index in [1.807, 2.05) is 6.07 Å². The monoisotopic (exact) mass is 386 g/mol. The van der Waals surface area contributed by atoms with E-state index in [1.165, 1.54) is 0 Å². The van der Waals surface area contributed by atoms with Crippen molar-refractivity contribution in [2.75, 3.05) is 18.5 Å². The Kier molecular flexibility index (Phi) is 6.08. The lowest BCUT2D eigenvalue weighted by Gasteiger charge is -2.15. The third kappa shape index (κ3) is 5.31. The molecular formula is C20H19ClN2O4. The van der Waals surface area contributed by atoms with Gasteiger partial charge in [0.2, 0.25) is 5.91 Å². The minimum atomic E-state index is -0.587. The number of ether oxygens (including phenoxy) is 1. The Balaban J connectivity index is 1.53. The van der Waals surface area contributed by atoms with Gasteiger partial charge in [-0.15, -0.1) is 0 Å². The number of carbonyl (C=O) groups is 3. The summed E-state index contributed by atoms with van der Waals surface area (Å²) in [7, 11) is 0. The first-order valence-electron chi connectivity index (χ1n) is 8.60. The number of halogens is 1. The van der Waals surface area contributed by atoms with Crippen LogP contribution in [0, 0.1) is 0 Å². The molecule has 0 spiro atoms. The molecule has 0 atom stereocenters. The van der Waals surface area contributed by atoms with E-state index in [-0.39, 0.29) is 5.91 Å². The molecule has 2 amide bonds. The predicted molar refractivity (Wildman–Crippen MR) is 101 cm³/mol. The van der Waals surface area contributed by atoms with Gasteiger partial charge >= 0.3 is 5.97 Å². The molecule has 2 aromatic carbocycles. The van der Waals surface area contributed by atoms with Crippen molar-refractivity contribution in [1.29, 1.82) is 0 Å². The van der Waals surface area contributed by atoms with Gasteiger partial charge in [0.1, 0.15) is 0 Å². The first-order valence-corrected chi connectivity index (χ1v) is 8.98. The van der Waals surface area contributed by atoms with Crippen LogP contribution in [0.2, 0.25) is 5.02 Å². The van der Waals surface area contributed by atoms with Crippen LogP contribution in [-0.2, 0) is 20.9 Å². The fraction of sp³-hybridized carbons (Fsp3) is 0.250. The summed E-state index contributed by atoms with van der Waals surface area (Å²) >= 11 is 5.79. The largest absolute Gasteiger partial charge is 0.452 e. The molecule has 7 heteroatoms. The highest BCUT2D eigenvalue weighted by Gasteiger charge is 2.20. The number of nitrogens with zero attached hydrogens (tertiary/aromatic N) is 1. The second kappa shape index (κ2) is 8.68. The van der Waals surface area contributed by atoms with E-state index in [2.05, 4.69) is 5.32 Å². The molecule has 0 aromatic heterocycles. The Bertz CT molecular complexity index is 851. The quantitative estimate of drug-likeness (QED) is 0.773. The Hall–Kier alpha value is -2.86. The Morgan fingerprint density at radius 3 is 2.63 bits per heavy atom. The van der Waals surface area contributed by atoms with Gasteiger partial charge in [-0.05, 0) is 48.4 Å². The normalized spacial score (nSPS) is 13.5. The van der Waals surface area contributed by atoms with Crippen molar-refractivity contribution >= 4 is 35.1 Å². The van der Waals surface area contributed by atoms with E-state index < -0.39 is 18.5 Å². The van der Waals surface area contributed by atoms with Gasteiger partial charge < -0.3 is 15.0 Å². The molecule has 0 unspecified atom stereocenters. The van der Waals surface area contributed by atoms with Crippen molar-refractivity contribution in [3.8, 4) is 0 Å². The summed E-state index contributed by atoms with van der Waals surface area (Å²) in [6.45, 7) is 0.811. The number of nitrogens with one attached hydrogen (secondary N) is 1. The zero-order valence-corrected chi connectivity index (χ0v) is 15.4. The molecule has 0 aliphatic carbocycles. The maximum Gasteiger partial charge on any atom is 0.338 e. The average molecular weight is 387 g/mol. The summed E-state index contributed by atoms with van der Waals surface area (Å²) in [4.78, 5) is 37.6. The second-order valence-electron chi connectivity index (χ2n) is 6.25. The van der Waals surface area contributed by atoms with Gasteiger partial charge in [0.25, 0.3) is 5.91 Å². The zero-order valence-electron chi connectivity index (χ0n) is 14.6. The Morgan fingerprint density at radius 2 is 1.93 bits per heavy atom. The molecule has 1 fully saturated rings. The van der Waals surface area contributed by atoms with Crippen molar-refractivity contribution < 1.29 is 19.1 Å². The highest BCUT2D eigenvalue weighted by atomic mass is 35.5. The van der Waals surface area contributed by atoms with Crippen LogP contribution in [0.25, 0.3) is 0 Å². The Morgan fingerprint density at radius 1 is 1.15 bits per heavy atom. The maximum absolute atomic E-state index is 12.2. The second-order valence-corrected chi connectivity index (χ2v) is 6.69. The van der Waals surface area contributed by atoms with E-state index in [4.69, 9.17) is 16.3 Å². The number of rotatable bonds is 6. The molecule has 3 rings (SSSR count). The zero-order chi connectivity index (χ0) is 19.2. The van der Waals surface area contributed by atoms with Crippen molar-refractivity contribution in [2.45, 2.75) is 19.4 Å². The highest BCUT2D eigenvalue weighted by molar-refractivity contribution is 6.30. The maximum atomic E-state index is 12.2. The summed E-state index contributed by atoms with van der Waals surface area (Å²) in [5, 5.41) is 3.19. The van der Waals surface area contributed by atoms with Crippen LogP contribution in [0.1, 0.15) is 28.8 Å². The van der Waals surface area contributed by atoms with Crippen molar-refractivity contribution in [2.24, 2.45) is 0 Å². The summed E-state index contributed by atoms with van der Waals surface area (Å²) in [5.41, 5.74) is 1.77. The molecule has 2 aromatic rings. The predicted octanol–water partition coefficient (Wildman–Crippen LogP) is 3.26. The van der Waals surface area contributed by atoms with E-state index in [9.17, 15) is 14.4 Å². The number of benzene rings is 2. The number of anilines is 1. The lowest BCUT2D eigenvalue weighted by molar-refractivity contribution is -0.128. The smallest absolute Gasteiger partial charge is 0.338 e. The number of likely N-dealkylation sites (tertiary alicyclic amines) is 1. The highest BCUT2D eigenvalue weighted by Crippen LogP contribution is 2.16. The van der Waals surface area contributed by atoms with E-state index in [1.54, 1.807) is 47.4 Å². The molecule has 1 saturated heterocycles. The minimum Gasteiger partial charge on any atom is -0.452 e. The average Bonchev–Trinajstić information content (AvgIpc) is 3.06. The fourth-order valence-corrected chi connectivity index (χ4v) is 2.96. The SMILES string of the molecule is O=C(COC(=O)c1cccc(CN2CCCC2=O)c1)Nc1ccc(Cl)cc1. The van der Waals surface area contributed by atoms with Gasteiger partial charge in [-0.2, -0.15) is 0 Å². The first-order chi connectivity index (χ1) is 13.0. The van der Waals surface area contributed by atoms with Crippen LogP contribution in [0.5, 0.6) is 0 Å². The molecule has 0 radical (unpaired) electrons. The van der Waals surface area contributed by atoms with Crippen molar-refractivity contribution in [3.05, 3.63) is 64.7 Å². The summed E-state index contributed by atoms with van der Waals surface area (Å²) < 4.78 is 5.07. The molecule has 140 valence electrons. The standard InChI is InChI=1S/C20H19ClN2O4/c21-16-6-8-17(9-7-16)22-18(24)13-27-20(26)15-4-1-3-14(11-15)12-23-10-2-5-19(23)25/h1,3-4,6-9,11H,2,5,10,12-13H2,(H,22,24). The molecule has 27 heavy (non-hydrogen) atoms. The van der Waals surface area contributed by atoms with Gasteiger partial charge in [-0.1, -0.05) is 23.7 Å². The molecule has 1 aliphatic rings. The molecule has 0 saturated carbocycles. The Labute approximate surface area is 162 Å². The van der Waals surface area contributed by atoms with Crippen LogP contribution < -0.4 is 5.32 Å². The molecule has 1 heterocycles. The van der Waals surface area contributed by atoms with Crippen LogP contribution >= 0.6 is 11.6 Å². The van der Waals surface area contributed by atoms with Crippen LogP contribution in [-0.4, -0.2) is 35.8 Å². The van der Waals surface area contributed by atoms with Crippen LogP contribution in [0.3, 0.4) is 0 Å². The van der Waals surface area contributed by atoms with Crippen LogP contribution in [0.15, 0.2) is 48.5 Å². The summed E-state index contributed by atoms with van der Waals surface area (Å²) in [6.07, 6.45) is 1.44. The van der Waals surface area contributed by atoms with Crippen molar-refractivity contribution in [3.63, 3.8) is 0 Å². The molecular weight excluding hydrogens is 368 g/mol. The van der Waals surface area contributed by atoms with E-state index in [0.717, 1.165) is 18.5 Å². The van der Waals surface area contributed by atoms with Gasteiger partial charge in [0.15, 0.2) is 6.61 Å². The number of amides is 2. The number of esters is 1. The minimum absolute atomic E-state index is 0.127. The van der Waals surface area contributed by atoms with E-state index in [0.29, 0.717) is 29.2 Å². The van der Waals surface area contributed by atoms with Gasteiger partial charge in [-0.3, -0.25) is 9.59 Å². The van der Waals surface area contributed by atoms with Crippen molar-refractivity contribution in [1.82, 2.24) is 4.90 Å². The number of carbonyl (C=O) groups excluding carboxylic acids is 3. The molecule has 0 bridgehead atoms. The third-order valence-electron chi connectivity index (χ3n) is 4.17. The van der Waals surface area contributed by atoms with E-state index >= 15 is 0 Å². The molecule has 1 N–H and O–H groups in total. The lowest BCUT2D eigenvalue weighted by Crippen LogP contribution is -2.24. The van der Waals surface area contributed by atoms with Gasteiger partial charge in [0, 0.05) is 30.2 Å². The van der Waals surface area contributed by atoms with Gasteiger partial charge in [0.05, 0.1) is 5.56 Å². The molecule has 1 aliphatic heterocycles. The fourth-order valence-electron chi connectivity index (χ4n) is 2.83. The summed E-state index contributed by atoms with van der Waals surface area (Å²) in [5.74, 6) is -0.901. The number of hydrogen-bond acceptors (Lipinski definition) is 4. The topological polar surface area (TPSA) is 75.7 Å². The third-order valence-corrected chi connectivity index (χ3v) is 4.42. The summed E-state index contributed by atoms with van der Waals surface area (Å²) in [6, 6.07) is 13.5. The van der Waals surface area contributed by atoms with Crippen LogP contribution in [0.4, 0.5) is 5.69 Å². The lowest BCUT2D eigenvalue weighted by atomic mass is 10.1.